The molecule has 11 heteroatoms. The first kappa shape index (κ1) is 43.9. The van der Waals surface area contributed by atoms with E-state index in [0.717, 1.165) is 50.2 Å². The van der Waals surface area contributed by atoms with Gasteiger partial charge >= 0.3 is 11.9 Å². The Morgan fingerprint density at radius 3 is 2.59 bits per heavy atom. The second-order valence-electron chi connectivity index (χ2n) is 15.4. The van der Waals surface area contributed by atoms with Crippen LogP contribution in [0.25, 0.3) is 22.4 Å². The maximum atomic E-state index is 13.7. The van der Waals surface area contributed by atoms with E-state index in [4.69, 9.17) is 43.4 Å². The van der Waals surface area contributed by atoms with Crippen molar-refractivity contribution >= 4 is 81.3 Å². The van der Waals surface area contributed by atoms with Crippen LogP contribution < -0.4 is 14.9 Å². The number of fused-ring (bicyclic) bond motifs is 2. The SMILES string of the molecule is C=CC(=O)OCCCOc1ccc(C(=O)Oc2ccc3cc(C4CCC(CCC)CC4)ccc3c2Cl)cc1/C=N/Nc1nc2c(s1)C=CC(C)(/C(S)=C\C)/C2=C(/C)CC. The maximum absolute atomic E-state index is 13.7. The number of aromatic nitrogens is 1. The molecule has 2 aliphatic rings. The fraction of sp³-hybridized carbons (Fsp3) is 0.375. The molecule has 4 aromatic rings. The molecular weight excluding hydrogens is 798 g/mol. The minimum Gasteiger partial charge on any atom is -0.493 e. The number of thiazole rings is 1. The molecule has 6 rings (SSSR count). The van der Waals surface area contributed by atoms with Crippen molar-refractivity contribution in [1.82, 2.24) is 4.98 Å². The van der Waals surface area contributed by atoms with Crippen molar-refractivity contribution < 1.29 is 23.8 Å². The number of hydrazone groups is 1. The zero-order valence-corrected chi connectivity index (χ0v) is 37.1. The zero-order chi connectivity index (χ0) is 42.1. The van der Waals surface area contributed by atoms with Gasteiger partial charge in [-0.2, -0.15) is 5.10 Å². The summed E-state index contributed by atoms with van der Waals surface area (Å²) in [5.74, 6) is 1.11. The number of nitrogens with one attached hydrogen (secondary N) is 1. The fourth-order valence-corrected chi connectivity index (χ4v) is 9.38. The lowest BCUT2D eigenvalue weighted by atomic mass is 9.74. The fourth-order valence-electron chi connectivity index (χ4n) is 8.09. The first-order valence-electron chi connectivity index (χ1n) is 20.5. The Hall–Kier alpha value is -4.64. The van der Waals surface area contributed by atoms with Gasteiger partial charge in [-0.3, -0.25) is 5.43 Å². The Labute approximate surface area is 362 Å². The van der Waals surface area contributed by atoms with Crippen LogP contribution in [0.4, 0.5) is 5.13 Å². The van der Waals surface area contributed by atoms with Crippen LogP contribution in [0.5, 0.6) is 11.5 Å². The number of carbonyl (C=O) groups excluding carboxylic acids is 2. The third kappa shape index (κ3) is 10.2. The average Bonchev–Trinajstić information content (AvgIpc) is 3.66. The van der Waals surface area contributed by atoms with E-state index in [0.29, 0.717) is 33.8 Å². The quantitative estimate of drug-likeness (QED) is 0.0220. The molecule has 8 nitrogen and oxygen atoms in total. The molecule has 1 heterocycles. The van der Waals surface area contributed by atoms with Gasteiger partial charge in [0.05, 0.1) is 40.6 Å². The van der Waals surface area contributed by atoms with Gasteiger partial charge in [0, 0.05) is 28.9 Å². The van der Waals surface area contributed by atoms with Crippen molar-refractivity contribution in [3.8, 4) is 11.5 Å². The van der Waals surface area contributed by atoms with E-state index in [1.54, 1.807) is 30.5 Å². The molecule has 2 aliphatic carbocycles. The van der Waals surface area contributed by atoms with Crippen molar-refractivity contribution in [2.45, 2.75) is 91.9 Å². The van der Waals surface area contributed by atoms with Crippen LogP contribution in [-0.4, -0.2) is 36.4 Å². The van der Waals surface area contributed by atoms with Crippen LogP contribution in [0, 0.1) is 11.3 Å². The van der Waals surface area contributed by atoms with Gasteiger partial charge in [-0.25, -0.2) is 14.6 Å². The number of thiol groups is 1. The van der Waals surface area contributed by atoms with Crippen molar-refractivity contribution in [3.05, 3.63) is 116 Å². The Kier molecular flexibility index (Phi) is 14.9. The van der Waals surface area contributed by atoms with Crippen LogP contribution in [-0.2, 0) is 9.53 Å². The number of allylic oxidation sites excluding steroid dienone is 5. The van der Waals surface area contributed by atoms with Crippen molar-refractivity contribution in [2.24, 2.45) is 16.4 Å². The van der Waals surface area contributed by atoms with Crippen molar-refractivity contribution in [2.75, 3.05) is 18.6 Å². The predicted molar refractivity (Wildman–Crippen MR) is 247 cm³/mol. The lowest BCUT2D eigenvalue weighted by Crippen LogP contribution is -2.21. The first-order chi connectivity index (χ1) is 28.5. The molecule has 0 radical (unpaired) electrons. The highest BCUT2D eigenvalue weighted by atomic mass is 35.5. The molecule has 3 aromatic carbocycles. The number of esters is 2. The van der Waals surface area contributed by atoms with E-state index in [1.807, 2.05) is 25.1 Å². The van der Waals surface area contributed by atoms with E-state index in [9.17, 15) is 9.59 Å². The lowest BCUT2D eigenvalue weighted by molar-refractivity contribution is -0.137. The van der Waals surface area contributed by atoms with Gasteiger partial charge in [0.2, 0.25) is 5.13 Å². The Bertz CT molecular complexity index is 2320. The third-order valence-electron chi connectivity index (χ3n) is 11.5. The zero-order valence-electron chi connectivity index (χ0n) is 34.6. The molecule has 0 spiro atoms. The highest BCUT2D eigenvalue weighted by Gasteiger charge is 2.36. The summed E-state index contributed by atoms with van der Waals surface area (Å²) < 4.78 is 17.1. The number of rotatable bonds is 16. The summed E-state index contributed by atoms with van der Waals surface area (Å²) in [6.45, 7) is 14.6. The van der Waals surface area contributed by atoms with E-state index < -0.39 is 17.4 Å². The molecule has 1 fully saturated rings. The molecule has 0 bridgehead atoms. The molecule has 1 saturated carbocycles. The van der Waals surface area contributed by atoms with Gasteiger partial charge in [0.25, 0.3) is 0 Å². The second kappa shape index (κ2) is 20.1. The summed E-state index contributed by atoms with van der Waals surface area (Å²) in [4.78, 5) is 32.1. The summed E-state index contributed by atoms with van der Waals surface area (Å²) in [7, 11) is 0. The number of nitrogens with zero attached hydrogens (tertiary/aromatic N) is 2. The van der Waals surface area contributed by atoms with Gasteiger partial charge in [0.15, 0.2) is 0 Å². The minimum atomic E-state index is -0.574. The number of ether oxygens (including phenoxy) is 3. The van der Waals surface area contributed by atoms with Crippen molar-refractivity contribution in [3.63, 3.8) is 0 Å². The molecule has 1 N–H and O–H groups in total. The van der Waals surface area contributed by atoms with Gasteiger partial charge in [-0.1, -0.05) is 98.2 Å². The molecular formula is C48H54ClN3O5S2. The third-order valence-corrected chi connectivity index (χ3v) is 13.5. The van der Waals surface area contributed by atoms with Gasteiger partial charge in [-0.05, 0) is 116 Å². The van der Waals surface area contributed by atoms with Crippen LogP contribution in [0.1, 0.15) is 124 Å². The van der Waals surface area contributed by atoms with Crippen LogP contribution in [0.15, 0.2) is 88.9 Å². The molecule has 1 atom stereocenters. The molecule has 1 unspecified atom stereocenters. The van der Waals surface area contributed by atoms with E-state index >= 15 is 0 Å². The highest BCUT2D eigenvalue weighted by molar-refractivity contribution is 7.84. The molecule has 1 aromatic heterocycles. The van der Waals surface area contributed by atoms with Crippen LogP contribution in [0.2, 0.25) is 5.02 Å². The minimum absolute atomic E-state index is 0.174. The van der Waals surface area contributed by atoms with E-state index in [-0.39, 0.29) is 24.5 Å². The van der Waals surface area contributed by atoms with Gasteiger partial charge in [0.1, 0.15) is 11.5 Å². The highest BCUT2D eigenvalue weighted by Crippen LogP contribution is 2.51. The molecule has 310 valence electrons. The summed E-state index contributed by atoms with van der Waals surface area (Å²) >= 11 is 13.2. The smallest absolute Gasteiger partial charge is 0.343 e. The topological polar surface area (TPSA) is 99.1 Å². The number of carbonyl (C=O) groups is 2. The second-order valence-corrected chi connectivity index (χ2v) is 17.3. The van der Waals surface area contributed by atoms with E-state index in [2.05, 4.69) is 69.1 Å². The van der Waals surface area contributed by atoms with E-state index in [1.165, 1.54) is 61.0 Å². The Balaban J connectivity index is 1.20. The van der Waals surface area contributed by atoms with Gasteiger partial charge < -0.3 is 14.2 Å². The molecule has 0 saturated heterocycles. The Morgan fingerprint density at radius 1 is 1.08 bits per heavy atom. The number of anilines is 1. The Morgan fingerprint density at radius 2 is 1.86 bits per heavy atom. The number of hydrogen-bond donors (Lipinski definition) is 2. The molecule has 0 aliphatic heterocycles. The predicted octanol–water partition coefficient (Wildman–Crippen LogP) is 13.2. The average molecular weight is 853 g/mol. The number of benzene rings is 3. The normalized spacial score (nSPS) is 20.0. The standard InChI is InChI=1S/C48H54ClN3O5S2/c1-7-12-31-13-15-32(16-14-31)33-17-20-37-34(27-33)18-22-39(44(37)49)57-46(54)35-19-21-38(55-25-11-26-56-42(53)10-4)36(28-35)29-50-52-47-51-45-40(59-47)23-24-48(6,41(58)9-3)43(45)30(5)8-2/h9-10,17-24,27-29,31-32,58H,4,7-8,11-16,25-26H2,1-3,5-6H3,(H,51,52)/b41-9+,43-30-,50-29+. The summed E-state index contributed by atoms with van der Waals surface area (Å²) in [6, 6.07) is 15.2. The first-order valence-corrected chi connectivity index (χ1v) is 22.2. The molecule has 59 heavy (non-hydrogen) atoms. The number of halogens is 1. The lowest BCUT2D eigenvalue weighted by Gasteiger charge is -2.33. The molecule has 0 amide bonds. The summed E-state index contributed by atoms with van der Waals surface area (Å²) in [6.07, 6.45) is 17.9. The summed E-state index contributed by atoms with van der Waals surface area (Å²) in [5, 5.41) is 7.40. The maximum Gasteiger partial charge on any atom is 0.343 e. The number of hydrogen-bond acceptors (Lipinski definition) is 10. The van der Waals surface area contributed by atoms with Gasteiger partial charge in [-0.15, -0.1) is 12.6 Å². The van der Waals surface area contributed by atoms with Crippen LogP contribution in [0.3, 0.4) is 0 Å². The summed E-state index contributed by atoms with van der Waals surface area (Å²) in [5.41, 5.74) is 8.16. The monoisotopic (exact) mass is 851 g/mol. The van der Waals surface area contributed by atoms with Crippen molar-refractivity contribution in [1.29, 1.82) is 0 Å². The largest absolute Gasteiger partial charge is 0.493 e. The van der Waals surface area contributed by atoms with Crippen LogP contribution >= 0.6 is 35.6 Å².